The van der Waals surface area contributed by atoms with Crippen LogP contribution in [-0.4, -0.2) is 76.0 Å². The predicted molar refractivity (Wildman–Crippen MR) is 150 cm³/mol. The number of aromatic amines is 1. The number of amides is 4. The Morgan fingerprint density at radius 1 is 1.23 bits per heavy atom. The van der Waals surface area contributed by atoms with Gasteiger partial charge in [-0.25, -0.2) is 19.7 Å². The van der Waals surface area contributed by atoms with Crippen LogP contribution in [0.3, 0.4) is 0 Å². The molecule has 1 aliphatic heterocycles. The number of hydrogen-bond donors (Lipinski definition) is 3. The van der Waals surface area contributed by atoms with Crippen molar-refractivity contribution in [2.75, 3.05) is 23.8 Å². The fourth-order valence-corrected chi connectivity index (χ4v) is 5.85. The number of aromatic nitrogens is 7. The third kappa shape index (κ3) is 4.52. The van der Waals surface area contributed by atoms with E-state index in [-0.39, 0.29) is 47.5 Å². The van der Waals surface area contributed by atoms with Gasteiger partial charge in [0.05, 0.1) is 23.2 Å². The molecular weight excluding hydrogens is 556 g/mol. The third-order valence-electron chi connectivity index (χ3n) is 8.65. The molecule has 0 spiro atoms. The zero-order chi connectivity index (χ0) is 30.2. The Balaban J connectivity index is 1.15. The molecule has 0 bridgehead atoms. The molecule has 4 aromatic rings. The number of anilines is 2. The van der Waals surface area contributed by atoms with Gasteiger partial charge in [0.25, 0.3) is 5.56 Å². The molecule has 220 valence electrons. The highest BCUT2D eigenvalue weighted by Gasteiger charge is 2.54. The first-order chi connectivity index (χ1) is 20.5. The van der Waals surface area contributed by atoms with Crippen molar-refractivity contribution in [3.8, 4) is 0 Å². The number of fused-ring (bicyclic) bond motifs is 1. The van der Waals surface area contributed by atoms with Gasteiger partial charge in [-0.1, -0.05) is 6.92 Å². The molecule has 2 aliphatic carbocycles. The van der Waals surface area contributed by atoms with Gasteiger partial charge < -0.3 is 9.51 Å². The van der Waals surface area contributed by atoms with Crippen molar-refractivity contribution in [3.05, 3.63) is 70.0 Å². The van der Waals surface area contributed by atoms with Crippen molar-refractivity contribution < 1.29 is 19.5 Å². The van der Waals surface area contributed by atoms with E-state index < -0.39 is 17.7 Å². The van der Waals surface area contributed by atoms with E-state index in [1.807, 2.05) is 18.3 Å². The van der Waals surface area contributed by atoms with Gasteiger partial charge in [-0.05, 0) is 43.4 Å². The van der Waals surface area contributed by atoms with E-state index in [0.717, 1.165) is 28.8 Å². The summed E-state index contributed by atoms with van der Waals surface area (Å²) >= 11 is 0. The summed E-state index contributed by atoms with van der Waals surface area (Å²) in [5, 5.41) is 20.0. The maximum Gasteiger partial charge on any atom is 0.331 e. The van der Waals surface area contributed by atoms with E-state index in [9.17, 15) is 24.3 Å². The van der Waals surface area contributed by atoms with Crippen LogP contribution in [0.4, 0.5) is 16.4 Å². The highest BCUT2D eigenvalue weighted by Crippen LogP contribution is 2.60. The normalized spacial score (nSPS) is 25.3. The first-order valence-electron chi connectivity index (χ1n) is 13.9. The zero-order valence-corrected chi connectivity index (χ0v) is 23.6. The lowest BCUT2D eigenvalue weighted by molar-refractivity contribution is -0.124. The molecule has 4 aromatic heterocycles. The molecule has 4 amide bonds. The summed E-state index contributed by atoms with van der Waals surface area (Å²) in [5.74, 6) is -0.485. The summed E-state index contributed by atoms with van der Waals surface area (Å²) in [6, 6.07) is 3.35. The minimum atomic E-state index is -0.809. The fourth-order valence-electron chi connectivity index (χ4n) is 5.85. The van der Waals surface area contributed by atoms with E-state index in [2.05, 4.69) is 37.4 Å². The Morgan fingerprint density at radius 2 is 2.05 bits per heavy atom. The number of carbonyl (C=O) groups excluding carboxylic acids is 3. The second-order valence-corrected chi connectivity index (χ2v) is 11.6. The summed E-state index contributed by atoms with van der Waals surface area (Å²) in [6.07, 6.45) is 6.95. The standard InChI is InChI=1S/C28H28N10O5/c1-13(39)18-11-37-10-14(6-19(24(37)31-18)38-12-22(41)36(3)27(38)43)17-8-28(17,2)20-4-5-29-23(32-20)15-7-16(15)25(42)34-26-33-21(40)9-30-35-26/h4-6,9-11,13,15-17,39H,7-8,12H2,1-3H3,(H2,33,34,35,40,42)/t13?,15-,16-,17?,28?/m0/s1. The summed E-state index contributed by atoms with van der Waals surface area (Å²) in [5.41, 5.74) is 2.43. The predicted octanol–water partition coefficient (Wildman–Crippen LogP) is 1.24. The molecule has 15 nitrogen and oxygen atoms in total. The number of imidazole rings is 1. The first kappa shape index (κ1) is 26.8. The molecule has 7 rings (SSSR count). The summed E-state index contributed by atoms with van der Waals surface area (Å²) in [6.45, 7) is 3.64. The van der Waals surface area contributed by atoms with E-state index in [0.29, 0.717) is 29.3 Å². The van der Waals surface area contributed by atoms with Gasteiger partial charge in [0.1, 0.15) is 18.6 Å². The molecule has 0 aromatic carbocycles. The monoisotopic (exact) mass is 584 g/mol. The lowest BCUT2D eigenvalue weighted by Crippen LogP contribution is -2.30. The number of carbonyl (C=O) groups is 3. The summed E-state index contributed by atoms with van der Waals surface area (Å²) in [4.78, 5) is 68.2. The van der Waals surface area contributed by atoms with Crippen molar-refractivity contribution in [2.24, 2.45) is 5.92 Å². The number of imide groups is 1. The minimum absolute atomic E-state index is 0.00686. The van der Waals surface area contributed by atoms with Gasteiger partial charge in [-0.15, -0.1) is 10.2 Å². The van der Waals surface area contributed by atoms with Crippen molar-refractivity contribution in [2.45, 2.75) is 50.0 Å². The number of aliphatic hydroxyl groups is 1. The number of H-pyrrole nitrogens is 1. The van der Waals surface area contributed by atoms with Crippen LogP contribution in [-0.2, 0) is 15.0 Å². The van der Waals surface area contributed by atoms with E-state index in [1.165, 1.54) is 11.9 Å². The van der Waals surface area contributed by atoms with Gasteiger partial charge in [0, 0.05) is 42.9 Å². The lowest BCUT2D eigenvalue weighted by Gasteiger charge is -2.18. The molecule has 5 heterocycles. The molecule has 3 aliphatic rings. The number of pyridine rings is 1. The molecule has 3 unspecified atom stereocenters. The first-order valence-corrected chi connectivity index (χ1v) is 13.9. The number of urea groups is 1. The average molecular weight is 585 g/mol. The van der Waals surface area contributed by atoms with Gasteiger partial charge in [0.15, 0.2) is 5.65 Å². The fraction of sp³-hybridized carbons (Fsp3) is 0.393. The SMILES string of the molecule is CC(O)c1cn2cc(C3CC3(C)c3ccnc([C@H]4C[C@@H]4C(=O)Nc4nncc(=O)[nH]4)n3)cc(N3CC(=O)N(C)C3=O)c2n1. The van der Waals surface area contributed by atoms with E-state index in [1.54, 1.807) is 23.7 Å². The molecular formula is C28H28N10O5. The molecule has 15 heteroatoms. The second-order valence-electron chi connectivity index (χ2n) is 11.6. The van der Waals surface area contributed by atoms with E-state index >= 15 is 0 Å². The van der Waals surface area contributed by atoms with Crippen LogP contribution in [0.5, 0.6) is 0 Å². The van der Waals surface area contributed by atoms with Crippen LogP contribution in [0.1, 0.15) is 67.4 Å². The number of nitrogens with zero attached hydrogens (tertiary/aromatic N) is 8. The summed E-state index contributed by atoms with van der Waals surface area (Å²) in [7, 11) is 1.45. The second kappa shape index (κ2) is 9.49. The van der Waals surface area contributed by atoms with Crippen LogP contribution >= 0.6 is 0 Å². The van der Waals surface area contributed by atoms with Crippen LogP contribution < -0.4 is 15.8 Å². The van der Waals surface area contributed by atoms with Gasteiger partial charge in [-0.3, -0.25) is 34.5 Å². The largest absolute Gasteiger partial charge is 0.387 e. The molecule has 2 saturated carbocycles. The number of aliphatic hydroxyl groups excluding tert-OH is 1. The van der Waals surface area contributed by atoms with Gasteiger partial charge in [0.2, 0.25) is 17.8 Å². The lowest BCUT2D eigenvalue weighted by atomic mass is 9.97. The highest BCUT2D eigenvalue weighted by atomic mass is 16.3. The molecule has 5 atom stereocenters. The van der Waals surface area contributed by atoms with Crippen LogP contribution in [0.25, 0.3) is 5.65 Å². The molecule has 1 saturated heterocycles. The van der Waals surface area contributed by atoms with Crippen molar-refractivity contribution in [1.29, 1.82) is 0 Å². The van der Waals surface area contributed by atoms with E-state index in [4.69, 9.17) is 4.98 Å². The molecule has 3 fully saturated rings. The number of likely N-dealkylation sites (N-methyl/N-ethyl adjacent to an activating group) is 1. The van der Waals surface area contributed by atoms with Crippen LogP contribution in [0, 0.1) is 5.92 Å². The smallest absolute Gasteiger partial charge is 0.331 e. The van der Waals surface area contributed by atoms with Crippen LogP contribution in [0.2, 0.25) is 0 Å². The van der Waals surface area contributed by atoms with Gasteiger partial charge in [-0.2, -0.15) is 0 Å². The molecule has 43 heavy (non-hydrogen) atoms. The topological polar surface area (TPSA) is 192 Å². The zero-order valence-electron chi connectivity index (χ0n) is 23.6. The molecule has 0 radical (unpaired) electrons. The Morgan fingerprint density at radius 3 is 2.77 bits per heavy atom. The minimum Gasteiger partial charge on any atom is -0.387 e. The maximum absolute atomic E-state index is 12.9. The number of nitrogens with one attached hydrogen (secondary N) is 2. The number of hydrogen-bond acceptors (Lipinski definition) is 10. The van der Waals surface area contributed by atoms with Crippen molar-refractivity contribution in [3.63, 3.8) is 0 Å². The van der Waals surface area contributed by atoms with Crippen LogP contribution in [0.15, 0.2) is 41.7 Å². The Bertz CT molecular complexity index is 1880. The Labute approximate surface area is 244 Å². The van der Waals surface area contributed by atoms with Gasteiger partial charge >= 0.3 is 6.03 Å². The molecule has 3 N–H and O–H groups in total. The van der Waals surface area contributed by atoms with Crippen molar-refractivity contribution in [1.82, 2.24) is 39.4 Å². The Hall–Kier alpha value is -5.05. The highest BCUT2D eigenvalue weighted by molar-refractivity contribution is 6.13. The summed E-state index contributed by atoms with van der Waals surface area (Å²) < 4.78 is 1.80. The maximum atomic E-state index is 12.9. The average Bonchev–Trinajstić information content (AvgIpc) is 3.86. The Kier molecular flexibility index (Phi) is 5.92. The number of rotatable bonds is 7. The quantitative estimate of drug-likeness (QED) is 0.266. The third-order valence-corrected chi connectivity index (χ3v) is 8.65. The van der Waals surface area contributed by atoms with Crippen molar-refractivity contribution >= 4 is 35.1 Å².